The van der Waals surface area contributed by atoms with Gasteiger partial charge in [0.1, 0.15) is 31.1 Å². The maximum atomic E-state index is 12.9. The number of nitrogens with zero attached hydrogens (tertiary/aromatic N) is 1. The van der Waals surface area contributed by atoms with Crippen LogP contribution in [0, 0.1) is 5.82 Å². The Balaban J connectivity index is 1.39. The van der Waals surface area contributed by atoms with Crippen molar-refractivity contribution in [1.29, 1.82) is 0 Å². The van der Waals surface area contributed by atoms with E-state index in [1.54, 1.807) is 12.1 Å². The number of anilines is 1. The van der Waals surface area contributed by atoms with Crippen molar-refractivity contribution >= 4 is 17.5 Å². The molecule has 28 heavy (non-hydrogen) atoms. The van der Waals surface area contributed by atoms with Crippen LogP contribution < -0.4 is 15.1 Å². The Morgan fingerprint density at radius 3 is 2.29 bits per heavy atom. The molecule has 1 aromatic rings. The molecule has 0 spiro atoms. The first kappa shape index (κ1) is 20.7. The largest absolute Gasteiger partial charge is 0.364 e. The monoisotopic (exact) mass is 394 g/mol. The molecule has 7 nitrogen and oxygen atoms in total. The number of rotatable bonds is 5. The summed E-state index contributed by atoms with van der Waals surface area (Å²) in [5, 5.41) is 2.79. The SMILES string of the molecule is C[C@H]1C[NH+](CC(=O)N2CC[NH+](CC(=O)Nc3ccc(F)cc3)CC2)C[C@H](C)O1. The van der Waals surface area contributed by atoms with E-state index in [1.165, 1.54) is 17.0 Å². The summed E-state index contributed by atoms with van der Waals surface area (Å²) in [4.78, 5) is 29.2. The van der Waals surface area contributed by atoms with Crippen LogP contribution in [-0.4, -0.2) is 81.3 Å². The average molecular weight is 394 g/mol. The van der Waals surface area contributed by atoms with Gasteiger partial charge in [-0.2, -0.15) is 0 Å². The van der Waals surface area contributed by atoms with Gasteiger partial charge in [0.05, 0.1) is 26.2 Å². The predicted octanol–water partition coefficient (Wildman–Crippen LogP) is -1.82. The Labute approximate surface area is 165 Å². The second kappa shape index (κ2) is 9.45. The Bertz CT molecular complexity index is 667. The Kier molecular flexibility index (Phi) is 6.98. The van der Waals surface area contributed by atoms with Crippen LogP contribution in [0.4, 0.5) is 10.1 Å². The molecule has 2 heterocycles. The number of carbonyl (C=O) groups is 2. The number of carbonyl (C=O) groups excluding carboxylic acids is 2. The Morgan fingerprint density at radius 1 is 1.07 bits per heavy atom. The van der Waals surface area contributed by atoms with Gasteiger partial charge in [-0.15, -0.1) is 0 Å². The standard InChI is InChI=1S/C20H29FN4O3/c1-15-11-24(12-16(2)28-15)14-20(27)25-9-7-23(8-10-25)13-19(26)22-18-5-3-17(21)4-6-18/h3-6,15-16H,7-14H2,1-2H3,(H,22,26)/p+2/t15-,16-/m0/s1. The molecule has 0 aromatic heterocycles. The number of hydrogen-bond donors (Lipinski definition) is 3. The van der Waals surface area contributed by atoms with Gasteiger partial charge in [0.2, 0.25) is 0 Å². The smallest absolute Gasteiger partial charge is 0.279 e. The molecule has 2 fully saturated rings. The summed E-state index contributed by atoms with van der Waals surface area (Å²) < 4.78 is 18.7. The molecule has 2 aliphatic heterocycles. The number of amides is 2. The van der Waals surface area contributed by atoms with Gasteiger partial charge in [-0.05, 0) is 38.1 Å². The van der Waals surface area contributed by atoms with Gasteiger partial charge in [0.25, 0.3) is 11.8 Å². The Hall–Kier alpha value is -2.03. The van der Waals surface area contributed by atoms with Crippen molar-refractivity contribution in [2.45, 2.75) is 26.1 Å². The molecule has 3 rings (SSSR count). The van der Waals surface area contributed by atoms with Crippen molar-refractivity contribution in [2.75, 3.05) is 57.7 Å². The predicted molar refractivity (Wildman–Crippen MR) is 103 cm³/mol. The molecule has 8 heteroatoms. The minimum atomic E-state index is -0.327. The van der Waals surface area contributed by atoms with Crippen molar-refractivity contribution in [3.8, 4) is 0 Å². The highest BCUT2D eigenvalue weighted by Crippen LogP contribution is 2.07. The molecule has 2 atom stereocenters. The van der Waals surface area contributed by atoms with E-state index in [9.17, 15) is 14.0 Å². The van der Waals surface area contributed by atoms with Crippen LogP contribution in [0.3, 0.4) is 0 Å². The highest BCUT2D eigenvalue weighted by Gasteiger charge is 2.31. The molecular weight excluding hydrogens is 363 g/mol. The van der Waals surface area contributed by atoms with Gasteiger partial charge in [-0.1, -0.05) is 0 Å². The number of benzene rings is 1. The van der Waals surface area contributed by atoms with Gasteiger partial charge in [-0.3, -0.25) is 9.59 Å². The molecule has 0 radical (unpaired) electrons. The number of piperazine rings is 1. The number of hydrogen-bond acceptors (Lipinski definition) is 3. The lowest BCUT2D eigenvalue weighted by molar-refractivity contribution is -0.908. The van der Waals surface area contributed by atoms with E-state index in [4.69, 9.17) is 4.74 Å². The normalized spacial score (nSPS) is 26.1. The van der Waals surface area contributed by atoms with Crippen LogP contribution in [0.1, 0.15) is 13.8 Å². The van der Waals surface area contributed by atoms with Crippen LogP contribution in [0.2, 0.25) is 0 Å². The van der Waals surface area contributed by atoms with Gasteiger partial charge in [-0.25, -0.2) is 4.39 Å². The summed E-state index contributed by atoms with van der Waals surface area (Å²) in [6.07, 6.45) is 0.375. The minimum absolute atomic E-state index is 0.0953. The molecule has 2 saturated heterocycles. The van der Waals surface area contributed by atoms with Crippen LogP contribution in [0.25, 0.3) is 0 Å². The van der Waals surface area contributed by atoms with Crippen molar-refractivity contribution < 1.29 is 28.5 Å². The molecule has 154 valence electrons. The van der Waals surface area contributed by atoms with E-state index in [0.717, 1.165) is 31.1 Å². The summed E-state index contributed by atoms with van der Waals surface area (Å²) in [6.45, 7) is 9.57. The fraction of sp³-hybridized carbons (Fsp3) is 0.600. The summed E-state index contributed by atoms with van der Waals surface area (Å²) >= 11 is 0. The number of halogens is 1. The summed E-state index contributed by atoms with van der Waals surface area (Å²) in [7, 11) is 0. The molecule has 2 aliphatic rings. The minimum Gasteiger partial charge on any atom is -0.364 e. The Morgan fingerprint density at radius 2 is 1.68 bits per heavy atom. The summed E-state index contributed by atoms with van der Waals surface area (Å²) in [5.41, 5.74) is 0.594. The van der Waals surface area contributed by atoms with Crippen molar-refractivity contribution in [3.05, 3.63) is 30.1 Å². The molecule has 2 amide bonds. The zero-order valence-corrected chi connectivity index (χ0v) is 16.7. The van der Waals surface area contributed by atoms with Gasteiger partial charge in [0.15, 0.2) is 13.1 Å². The molecule has 0 unspecified atom stereocenters. The molecule has 1 aromatic carbocycles. The maximum absolute atomic E-state index is 12.9. The fourth-order valence-corrected chi connectivity index (χ4v) is 4.07. The van der Waals surface area contributed by atoms with E-state index >= 15 is 0 Å². The van der Waals surface area contributed by atoms with Crippen molar-refractivity contribution in [3.63, 3.8) is 0 Å². The van der Waals surface area contributed by atoms with E-state index in [-0.39, 0.29) is 29.8 Å². The lowest BCUT2D eigenvalue weighted by atomic mass is 10.2. The first-order valence-electron chi connectivity index (χ1n) is 10.0. The number of morpholine rings is 1. The number of ether oxygens (including phenoxy) is 1. The first-order valence-corrected chi connectivity index (χ1v) is 10.0. The lowest BCUT2D eigenvalue weighted by Gasteiger charge is -2.35. The third-order valence-electron chi connectivity index (χ3n) is 5.38. The number of quaternary nitrogens is 2. The lowest BCUT2D eigenvalue weighted by Crippen LogP contribution is -3.17. The zero-order valence-electron chi connectivity index (χ0n) is 16.7. The van der Waals surface area contributed by atoms with Crippen LogP contribution in [0.5, 0.6) is 0 Å². The third-order valence-corrected chi connectivity index (χ3v) is 5.38. The van der Waals surface area contributed by atoms with Crippen LogP contribution in [0.15, 0.2) is 24.3 Å². The molecule has 0 saturated carbocycles. The van der Waals surface area contributed by atoms with Gasteiger partial charge >= 0.3 is 0 Å². The second-order valence-corrected chi connectivity index (χ2v) is 7.95. The van der Waals surface area contributed by atoms with Crippen molar-refractivity contribution in [2.24, 2.45) is 0 Å². The van der Waals surface area contributed by atoms with E-state index in [1.807, 2.05) is 4.90 Å². The van der Waals surface area contributed by atoms with Gasteiger partial charge < -0.3 is 24.8 Å². The zero-order chi connectivity index (χ0) is 20.1. The topological polar surface area (TPSA) is 67.5 Å². The third kappa shape index (κ3) is 5.98. The molecule has 3 N–H and O–H groups in total. The van der Waals surface area contributed by atoms with E-state index in [2.05, 4.69) is 19.2 Å². The first-order chi connectivity index (χ1) is 13.4. The van der Waals surface area contributed by atoms with Gasteiger partial charge in [0, 0.05) is 5.69 Å². The highest BCUT2D eigenvalue weighted by molar-refractivity contribution is 5.91. The quantitative estimate of drug-likeness (QED) is 0.551. The molecule has 0 bridgehead atoms. The van der Waals surface area contributed by atoms with Crippen LogP contribution >= 0.6 is 0 Å². The highest BCUT2D eigenvalue weighted by atomic mass is 19.1. The maximum Gasteiger partial charge on any atom is 0.279 e. The van der Waals surface area contributed by atoms with E-state index in [0.29, 0.717) is 31.9 Å². The molecular formula is C20H31FN4O3+2. The molecule has 0 aliphatic carbocycles. The fourth-order valence-electron chi connectivity index (χ4n) is 4.07. The van der Waals surface area contributed by atoms with E-state index < -0.39 is 0 Å². The second-order valence-electron chi connectivity index (χ2n) is 7.95. The van der Waals surface area contributed by atoms with Crippen LogP contribution in [-0.2, 0) is 14.3 Å². The number of nitrogens with one attached hydrogen (secondary N) is 3. The summed E-state index contributed by atoms with van der Waals surface area (Å²) in [5.74, 6) is -0.236. The summed E-state index contributed by atoms with van der Waals surface area (Å²) in [6, 6.07) is 5.75. The average Bonchev–Trinajstić information content (AvgIpc) is 2.63. The van der Waals surface area contributed by atoms with Crippen molar-refractivity contribution in [1.82, 2.24) is 4.90 Å².